The van der Waals surface area contributed by atoms with Crippen molar-refractivity contribution in [1.82, 2.24) is 0 Å². The van der Waals surface area contributed by atoms with E-state index in [0.29, 0.717) is 6.42 Å². The van der Waals surface area contributed by atoms with Gasteiger partial charge in [0.15, 0.2) is 0 Å². The maximum absolute atomic E-state index is 10.2. The van der Waals surface area contributed by atoms with Gasteiger partial charge in [0.2, 0.25) is 0 Å². The Morgan fingerprint density at radius 3 is 2.62 bits per heavy atom. The van der Waals surface area contributed by atoms with E-state index in [0.717, 1.165) is 17.5 Å². The van der Waals surface area contributed by atoms with Gasteiger partial charge in [0.05, 0.1) is 6.10 Å². The summed E-state index contributed by atoms with van der Waals surface area (Å²) in [5.74, 6) is -0.162. The van der Waals surface area contributed by atoms with Crippen molar-refractivity contribution in [3.05, 3.63) is 48.0 Å². The van der Waals surface area contributed by atoms with Crippen molar-refractivity contribution in [3.63, 3.8) is 0 Å². The number of hydrogen-bond acceptors (Lipinski definition) is 2. The van der Waals surface area contributed by atoms with E-state index in [1.807, 2.05) is 24.3 Å². The highest BCUT2D eigenvalue weighted by Gasteiger charge is 2.20. The van der Waals surface area contributed by atoms with E-state index < -0.39 is 6.10 Å². The molecule has 2 N–H and O–H groups in total. The molecule has 0 saturated carbocycles. The number of allylic oxidation sites excluding steroid dienone is 1. The van der Waals surface area contributed by atoms with Crippen LogP contribution in [-0.4, -0.2) is 16.8 Å². The summed E-state index contributed by atoms with van der Waals surface area (Å²) in [4.78, 5) is 0. The van der Waals surface area contributed by atoms with Gasteiger partial charge in [-0.3, -0.25) is 0 Å². The van der Waals surface area contributed by atoms with Crippen LogP contribution in [0.4, 0.5) is 0 Å². The van der Waals surface area contributed by atoms with E-state index in [1.54, 1.807) is 6.08 Å². The molecule has 2 atom stereocenters. The first-order valence-electron chi connectivity index (χ1n) is 5.72. The second kappa shape index (κ2) is 6.46. The average molecular weight is 220 g/mol. The van der Waals surface area contributed by atoms with Gasteiger partial charge in [-0.2, -0.15) is 0 Å². The molecule has 1 aromatic carbocycles. The summed E-state index contributed by atoms with van der Waals surface area (Å²) in [6.45, 7) is 5.68. The lowest BCUT2D eigenvalue weighted by molar-refractivity contribution is 0.0678. The Morgan fingerprint density at radius 1 is 1.38 bits per heavy atom. The highest BCUT2D eigenvalue weighted by Crippen LogP contribution is 2.27. The maximum atomic E-state index is 10.2. The summed E-state index contributed by atoms with van der Waals surface area (Å²) < 4.78 is 0. The molecule has 0 amide bonds. The molecule has 88 valence electrons. The number of rotatable bonds is 6. The minimum absolute atomic E-state index is 0.0226. The van der Waals surface area contributed by atoms with Crippen LogP contribution in [0.1, 0.15) is 30.6 Å². The molecule has 0 bridgehead atoms. The molecule has 0 fully saturated rings. The molecular weight excluding hydrogens is 200 g/mol. The number of hydrogen-bond donors (Lipinski definition) is 2. The summed E-state index contributed by atoms with van der Waals surface area (Å²) in [6, 6.07) is 7.83. The maximum Gasteiger partial charge on any atom is 0.0845 e. The van der Waals surface area contributed by atoms with Gasteiger partial charge in [0, 0.05) is 12.5 Å². The summed E-state index contributed by atoms with van der Waals surface area (Å²) >= 11 is 0. The Kier molecular flexibility index (Phi) is 5.23. The van der Waals surface area contributed by atoms with E-state index in [9.17, 15) is 10.2 Å². The topological polar surface area (TPSA) is 40.5 Å². The van der Waals surface area contributed by atoms with Crippen LogP contribution in [0.5, 0.6) is 0 Å². The summed E-state index contributed by atoms with van der Waals surface area (Å²) in [7, 11) is 0. The van der Waals surface area contributed by atoms with Crippen LogP contribution in [0.15, 0.2) is 36.9 Å². The third kappa shape index (κ3) is 2.94. The average Bonchev–Trinajstić information content (AvgIpc) is 2.35. The zero-order valence-corrected chi connectivity index (χ0v) is 9.76. The summed E-state index contributed by atoms with van der Waals surface area (Å²) in [5, 5.41) is 19.5. The first-order chi connectivity index (χ1) is 7.74. The molecule has 2 heteroatoms. The number of aliphatic hydroxyl groups is 2. The van der Waals surface area contributed by atoms with Gasteiger partial charge < -0.3 is 10.2 Å². The van der Waals surface area contributed by atoms with Crippen molar-refractivity contribution in [2.75, 3.05) is 6.61 Å². The van der Waals surface area contributed by atoms with Crippen LogP contribution >= 0.6 is 0 Å². The molecule has 0 saturated heterocycles. The quantitative estimate of drug-likeness (QED) is 0.723. The van der Waals surface area contributed by atoms with E-state index in [1.165, 1.54) is 0 Å². The molecule has 2 unspecified atom stereocenters. The SMILES string of the molecule is C=CCC(CO)C(O)c1ccccc1CC. The lowest BCUT2D eigenvalue weighted by Gasteiger charge is -2.22. The molecule has 16 heavy (non-hydrogen) atoms. The minimum Gasteiger partial charge on any atom is -0.396 e. The Labute approximate surface area is 97.2 Å². The van der Waals surface area contributed by atoms with Crippen LogP contribution in [-0.2, 0) is 6.42 Å². The molecule has 1 rings (SSSR count). The molecule has 1 aromatic rings. The van der Waals surface area contributed by atoms with E-state index in [2.05, 4.69) is 13.5 Å². The van der Waals surface area contributed by atoms with Crippen molar-refractivity contribution in [1.29, 1.82) is 0 Å². The number of benzene rings is 1. The highest BCUT2D eigenvalue weighted by atomic mass is 16.3. The van der Waals surface area contributed by atoms with Crippen molar-refractivity contribution >= 4 is 0 Å². The molecule has 0 aliphatic carbocycles. The third-order valence-corrected chi connectivity index (χ3v) is 2.91. The lowest BCUT2D eigenvalue weighted by Crippen LogP contribution is -2.17. The Hall–Kier alpha value is -1.12. The second-order valence-corrected chi connectivity index (χ2v) is 3.96. The monoisotopic (exact) mass is 220 g/mol. The molecular formula is C14H20O2. The van der Waals surface area contributed by atoms with Crippen LogP contribution in [0, 0.1) is 5.92 Å². The van der Waals surface area contributed by atoms with E-state index >= 15 is 0 Å². The second-order valence-electron chi connectivity index (χ2n) is 3.96. The predicted octanol–water partition coefficient (Wildman–Crippen LogP) is 2.47. The van der Waals surface area contributed by atoms with Crippen LogP contribution in [0.25, 0.3) is 0 Å². The van der Waals surface area contributed by atoms with E-state index in [-0.39, 0.29) is 12.5 Å². The Balaban J connectivity index is 2.92. The zero-order chi connectivity index (χ0) is 12.0. The zero-order valence-electron chi connectivity index (χ0n) is 9.76. The van der Waals surface area contributed by atoms with Crippen molar-refractivity contribution < 1.29 is 10.2 Å². The molecule has 0 aliphatic rings. The minimum atomic E-state index is -0.612. The molecule has 2 nitrogen and oxygen atoms in total. The smallest absolute Gasteiger partial charge is 0.0845 e. The normalized spacial score (nSPS) is 14.4. The van der Waals surface area contributed by atoms with Crippen molar-refractivity contribution in [3.8, 4) is 0 Å². The van der Waals surface area contributed by atoms with Crippen molar-refractivity contribution in [2.45, 2.75) is 25.9 Å². The van der Waals surface area contributed by atoms with Gasteiger partial charge in [-0.15, -0.1) is 6.58 Å². The first kappa shape index (κ1) is 12.9. The van der Waals surface area contributed by atoms with Gasteiger partial charge in [0.25, 0.3) is 0 Å². The van der Waals surface area contributed by atoms with Gasteiger partial charge in [-0.05, 0) is 24.0 Å². The Bertz CT molecular complexity index is 333. The van der Waals surface area contributed by atoms with Gasteiger partial charge >= 0.3 is 0 Å². The van der Waals surface area contributed by atoms with Crippen LogP contribution < -0.4 is 0 Å². The third-order valence-electron chi connectivity index (χ3n) is 2.91. The molecule has 0 radical (unpaired) electrons. The van der Waals surface area contributed by atoms with Gasteiger partial charge in [-0.25, -0.2) is 0 Å². The van der Waals surface area contributed by atoms with Gasteiger partial charge in [0.1, 0.15) is 0 Å². The number of aryl methyl sites for hydroxylation is 1. The molecule has 0 spiro atoms. The largest absolute Gasteiger partial charge is 0.396 e. The van der Waals surface area contributed by atoms with Crippen LogP contribution in [0.2, 0.25) is 0 Å². The van der Waals surface area contributed by atoms with E-state index in [4.69, 9.17) is 0 Å². The summed E-state index contributed by atoms with van der Waals surface area (Å²) in [6.07, 6.45) is 2.63. The predicted molar refractivity (Wildman–Crippen MR) is 66.2 cm³/mol. The standard InChI is InChI=1S/C14H20O2/c1-3-7-12(10-15)14(16)13-9-6-5-8-11(13)4-2/h3,5-6,8-9,12,14-16H,1,4,7,10H2,2H3. The molecule has 0 heterocycles. The van der Waals surface area contributed by atoms with Gasteiger partial charge in [-0.1, -0.05) is 37.3 Å². The summed E-state index contributed by atoms with van der Waals surface area (Å²) in [5.41, 5.74) is 2.06. The lowest BCUT2D eigenvalue weighted by atomic mass is 9.90. The fourth-order valence-electron chi connectivity index (χ4n) is 1.92. The number of aliphatic hydroxyl groups excluding tert-OH is 2. The first-order valence-corrected chi connectivity index (χ1v) is 5.72. The van der Waals surface area contributed by atoms with Crippen molar-refractivity contribution in [2.24, 2.45) is 5.92 Å². The van der Waals surface area contributed by atoms with Crippen LogP contribution in [0.3, 0.4) is 0 Å². The molecule has 0 aliphatic heterocycles. The highest BCUT2D eigenvalue weighted by molar-refractivity contribution is 5.29. The fourth-order valence-corrected chi connectivity index (χ4v) is 1.92. The fraction of sp³-hybridized carbons (Fsp3) is 0.429. The molecule has 0 aromatic heterocycles. The Morgan fingerprint density at radius 2 is 2.06 bits per heavy atom.